The van der Waals surface area contributed by atoms with E-state index >= 15 is 0 Å². The molecule has 0 spiro atoms. The molecule has 5 rings (SSSR count). The maximum Gasteiger partial charge on any atom is 0.263 e. The van der Waals surface area contributed by atoms with Gasteiger partial charge in [-0.15, -0.1) is 10.2 Å². The fourth-order valence-corrected chi connectivity index (χ4v) is 4.79. The van der Waals surface area contributed by atoms with Crippen LogP contribution in [0.4, 0.5) is 0 Å². The van der Waals surface area contributed by atoms with Crippen LogP contribution < -0.4 is 5.56 Å². The summed E-state index contributed by atoms with van der Waals surface area (Å²) in [6, 6.07) is 15.9. The first-order chi connectivity index (χ1) is 14.2. The highest BCUT2D eigenvalue weighted by Crippen LogP contribution is 2.25. The highest BCUT2D eigenvalue weighted by Gasteiger charge is 2.20. The number of aromatic nitrogens is 4. The van der Waals surface area contributed by atoms with Gasteiger partial charge in [0.2, 0.25) is 5.78 Å². The highest BCUT2D eigenvalue weighted by atomic mass is 32.2. The summed E-state index contributed by atoms with van der Waals surface area (Å²) in [6.45, 7) is 3.35. The van der Waals surface area contributed by atoms with Crippen LogP contribution in [0.25, 0.3) is 16.7 Å². The molecule has 1 aliphatic heterocycles. The van der Waals surface area contributed by atoms with Crippen LogP contribution in [-0.4, -0.2) is 37.6 Å². The zero-order valence-electron chi connectivity index (χ0n) is 16.2. The molecule has 1 atom stereocenters. The monoisotopic (exact) mass is 406 g/mol. The van der Waals surface area contributed by atoms with Crippen molar-refractivity contribution in [2.45, 2.75) is 37.6 Å². The predicted molar refractivity (Wildman–Crippen MR) is 115 cm³/mol. The average Bonchev–Trinajstić information content (AvgIpc) is 3.41. The van der Waals surface area contributed by atoms with Gasteiger partial charge >= 0.3 is 0 Å². The van der Waals surface area contributed by atoms with E-state index in [-0.39, 0.29) is 11.7 Å². The van der Waals surface area contributed by atoms with Crippen molar-refractivity contribution in [3.05, 3.63) is 70.0 Å². The smallest absolute Gasteiger partial charge is 0.263 e. The highest BCUT2D eigenvalue weighted by molar-refractivity contribution is 7.99. The largest absolute Gasteiger partial charge is 0.377 e. The topological polar surface area (TPSA) is 61.4 Å². The van der Waals surface area contributed by atoms with Gasteiger partial charge in [-0.25, -0.2) is 0 Å². The van der Waals surface area contributed by atoms with E-state index in [0.717, 1.165) is 41.4 Å². The summed E-state index contributed by atoms with van der Waals surface area (Å²) in [5.41, 5.74) is 3.05. The van der Waals surface area contributed by atoms with E-state index in [1.807, 2.05) is 28.7 Å². The molecule has 1 fully saturated rings. The van der Waals surface area contributed by atoms with E-state index in [1.165, 1.54) is 5.56 Å². The van der Waals surface area contributed by atoms with E-state index in [0.29, 0.717) is 17.7 Å². The quantitative estimate of drug-likeness (QED) is 0.473. The Bertz CT molecular complexity index is 1220. The number of hydrogen-bond acceptors (Lipinski definition) is 5. The zero-order valence-corrected chi connectivity index (χ0v) is 17.1. The van der Waals surface area contributed by atoms with Gasteiger partial charge in [-0.2, -0.15) is 0 Å². The Morgan fingerprint density at radius 2 is 1.97 bits per heavy atom. The molecule has 7 heteroatoms. The van der Waals surface area contributed by atoms with Crippen molar-refractivity contribution in [1.82, 2.24) is 19.2 Å². The molecule has 4 aromatic rings. The maximum atomic E-state index is 13.2. The van der Waals surface area contributed by atoms with Gasteiger partial charge in [-0.3, -0.25) is 13.8 Å². The third-order valence-corrected chi connectivity index (χ3v) is 6.42. The van der Waals surface area contributed by atoms with Crippen LogP contribution in [0, 0.1) is 6.92 Å². The van der Waals surface area contributed by atoms with Crippen molar-refractivity contribution in [1.29, 1.82) is 0 Å². The van der Waals surface area contributed by atoms with Crippen molar-refractivity contribution < 1.29 is 4.74 Å². The molecule has 0 aliphatic carbocycles. The first-order valence-corrected chi connectivity index (χ1v) is 10.9. The molecule has 1 aliphatic rings. The standard InChI is InChI=1S/C22H22N4O2S/c1-15-8-10-16(11-9-15)13-25-20(27)18-6-2-3-7-19(18)26-21(25)23-24-22(26)29-14-17-5-4-12-28-17/h2-3,6-11,17H,4-5,12-14H2,1H3. The normalized spacial score (nSPS) is 16.8. The van der Waals surface area contributed by atoms with Crippen LogP contribution in [0.3, 0.4) is 0 Å². The Labute approximate surface area is 172 Å². The second kappa shape index (κ2) is 7.65. The second-order valence-corrected chi connectivity index (χ2v) is 8.45. The van der Waals surface area contributed by atoms with Crippen LogP contribution in [0.2, 0.25) is 0 Å². The van der Waals surface area contributed by atoms with Crippen LogP contribution in [0.5, 0.6) is 0 Å². The molecule has 0 radical (unpaired) electrons. The minimum Gasteiger partial charge on any atom is -0.377 e. The molecular formula is C22H22N4O2S. The summed E-state index contributed by atoms with van der Waals surface area (Å²) in [7, 11) is 0. The Hall–Kier alpha value is -2.64. The summed E-state index contributed by atoms with van der Waals surface area (Å²) >= 11 is 1.64. The van der Waals surface area contributed by atoms with E-state index in [1.54, 1.807) is 16.3 Å². The summed E-state index contributed by atoms with van der Waals surface area (Å²) in [6.07, 6.45) is 2.46. The van der Waals surface area contributed by atoms with Crippen molar-refractivity contribution in [2.24, 2.45) is 0 Å². The van der Waals surface area contributed by atoms with E-state index in [2.05, 4.69) is 41.4 Å². The summed E-state index contributed by atoms with van der Waals surface area (Å²) in [4.78, 5) is 13.2. The van der Waals surface area contributed by atoms with E-state index in [4.69, 9.17) is 4.74 Å². The number of thioether (sulfide) groups is 1. The second-order valence-electron chi connectivity index (χ2n) is 7.46. The summed E-state index contributed by atoms with van der Waals surface area (Å²) in [5.74, 6) is 1.41. The number of fused-ring (bicyclic) bond motifs is 3. The number of nitrogens with zero attached hydrogens (tertiary/aromatic N) is 4. The molecular weight excluding hydrogens is 384 g/mol. The molecule has 1 unspecified atom stereocenters. The molecule has 2 aromatic heterocycles. The third kappa shape index (κ3) is 3.45. The SMILES string of the molecule is Cc1ccc(Cn2c(=O)c3ccccc3n3c(SCC4CCCO4)nnc23)cc1. The summed E-state index contributed by atoms with van der Waals surface area (Å²) in [5, 5.41) is 10.3. The van der Waals surface area contributed by atoms with Crippen molar-refractivity contribution in [3.8, 4) is 0 Å². The summed E-state index contributed by atoms with van der Waals surface area (Å²) < 4.78 is 9.47. The predicted octanol–water partition coefficient (Wildman–Crippen LogP) is 3.67. The lowest BCUT2D eigenvalue weighted by molar-refractivity contribution is 0.129. The van der Waals surface area contributed by atoms with Gasteiger partial charge in [0.05, 0.1) is 23.6 Å². The van der Waals surface area contributed by atoms with Gasteiger partial charge in [-0.1, -0.05) is 53.7 Å². The fourth-order valence-electron chi connectivity index (χ4n) is 3.79. The molecule has 3 heterocycles. The number of rotatable bonds is 5. The van der Waals surface area contributed by atoms with Gasteiger partial charge in [0.25, 0.3) is 5.56 Å². The number of benzene rings is 2. The maximum absolute atomic E-state index is 13.2. The Morgan fingerprint density at radius 1 is 1.14 bits per heavy atom. The molecule has 148 valence electrons. The molecule has 0 saturated carbocycles. The Balaban J connectivity index is 1.62. The van der Waals surface area contributed by atoms with Gasteiger partial charge in [-0.05, 0) is 37.5 Å². The number of para-hydroxylation sites is 1. The first kappa shape index (κ1) is 18.4. The lowest BCUT2D eigenvalue weighted by atomic mass is 10.1. The van der Waals surface area contributed by atoms with Gasteiger partial charge in [0.15, 0.2) is 5.16 Å². The molecule has 1 saturated heterocycles. The minimum absolute atomic E-state index is 0.0447. The lowest BCUT2D eigenvalue weighted by Crippen LogP contribution is -2.24. The van der Waals surface area contributed by atoms with Crippen molar-refractivity contribution in [3.63, 3.8) is 0 Å². The Morgan fingerprint density at radius 3 is 2.76 bits per heavy atom. The van der Waals surface area contributed by atoms with E-state index < -0.39 is 0 Å². The van der Waals surface area contributed by atoms with Crippen LogP contribution in [-0.2, 0) is 11.3 Å². The van der Waals surface area contributed by atoms with Crippen molar-refractivity contribution >= 4 is 28.4 Å². The zero-order chi connectivity index (χ0) is 19.8. The molecule has 0 bridgehead atoms. The van der Waals surface area contributed by atoms with Gasteiger partial charge < -0.3 is 4.74 Å². The van der Waals surface area contributed by atoms with Gasteiger partial charge in [0.1, 0.15) is 0 Å². The van der Waals surface area contributed by atoms with Crippen molar-refractivity contribution in [2.75, 3.05) is 12.4 Å². The van der Waals surface area contributed by atoms with Gasteiger partial charge in [0, 0.05) is 12.4 Å². The number of hydrogen-bond donors (Lipinski definition) is 0. The molecule has 29 heavy (non-hydrogen) atoms. The molecule has 6 nitrogen and oxygen atoms in total. The molecule has 0 amide bonds. The van der Waals surface area contributed by atoms with Crippen LogP contribution in [0.1, 0.15) is 24.0 Å². The lowest BCUT2D eigenvalue weighted by Gasteiger charge is -2.12. The molecule has 0 N–H and O–H groups in total. The van der Waals surface area contributed by atoms with Crippen LogP contribution in [0.15, 0.2) is 58.5 Å². The number of aryl methyl sites for hydroxylation is 1. The third-order valence-electron chi connectivity index (χ3n) is 5.36. The van der Waals surface area contributed by atoms with Crippen LogP contribution >= 0.6 is 11.8 Å². The van der Waals surface area contributed by atoms with E-state index in [9.17, 15) is 4.79 Å². The minimum atomic E-state index is -0.0447. The fraction of sp³-hybridized carbons (Fsp3) is 0.318. The first-order valence-electron chi connectivity index (χ1n) is 9.87. The number of ether oxygens (including phenoxy) is 1. The Kier molecular flexibility index (Phi) is 4.85. The molecule has 2 aromatic carbocycles. The average molecular weight is 407 g/mol.